The lowest BCUT2D eigenvalue weighted by atomic mass is 10.1. The summed E-state index contributed by atoms with van der Waals surface area (Å²) in [4.78, 5) is 18.9. The number of carbonyl (C=O) groups excluding carboxylic acids is 1. The molecule has 22 heavy (non-hydrogen) atoms. The summed E-state index contributed by atoms with van der Waals surface area (Å²) in [5.74, 6) is 0.503. The second-order valence-electron chi connectivity index (χ2n) is 5.07. The summed E-state index contributed by atoms with van der Waals surface area (Å²) in [5, 5.41) is 0. The van der Waals surface area contributed by atoms with E-state index in [1.165, 1.54) is 0 Å². The molecule has 112 valence electrons. The predicted octanol–water partition coefficient (Wildman–Crippen LogP) is 2.61. The van der Waals surface area contributed by atoms with Crippen molar-refractivity contribution >= 4 is 11.7 Å². The molecule has 0 saturated carbocycles. The number of nitrogens with zero attached hydrogens (tertiary/aromatic N) is 2. The van der Waals surface area contributed by atoms with Crippen molar-refractivity contribution < 1.29 is 9.53 Å². The van der Waals surface area contributed by atoms with Gasteiger partial charge in [-0.05, 0) is 12.1 Å². The molecule has 0 spiro atoms. The van der Waals surface area contributed by atoms with E-state index < -0.39 is 0 Å². The molecular formula is C18H18N2O2. The molecule has 0 radical (unpaired) electrons. The zero-order valence-corrected chi connectivity index (χ0v) is 12.3. The molecule has 1 aliphatic rings. The molecule has 4 heteroatoms. The van der Waals surface area contributed by atoms with Crippen LogP contribution >= 0.6 is 0 Å². The number of hydrogen-bond acceptors (Lipinski definition) is 2. The molecule has 0 unspecified atom stereocenters. The Kier molecular flexibility index (Phi) is 4.61. The van der Waals surface area contributed by atoms with Crippen LogP contribution in [0.15, 0.2) is 65.7 Å². The SMILES string of the molecule is O=C(N=C(c1ccccc1)N1CCOCC1)c1ccccc1. The minimum Gasteiger partial charge on any atom is -0.378 e. The van der Waals surface area contributed by atoms with Gasteiger partial charge < -0.3 is 9.64 Å². The van der Waals surface area contributed by atoms with E-state index in [4.69, 9.17) is 4.74 Å². The van der Waals surface area contributed by atoms with E-state index in [-0.39, 0.29) is 5.91 Å². The first-order valence-electron chi connectivity index (χ1n) is 7.41. The van der Waals surface area contributed by atoms with Gasteiger partial charge in [-0.2, -0.15) is 4.99 Å². The normalized spacial score (nSPS) is 15.6. The number of amides is 1. The third-order valence-corrected chi connectivity index (χ3v) is 3.57. The molecule has 0 bridgehead atoms. The van der Waals surface area contributed by atoms with Gasteiger partial charge >= 0.3 is 0 Å². The van der Waals surface area contributed by atoms with Gasteiger partial charge in [0.25, 0.3) is 5.91 Å². The van der Waals surface area contributed by atoms with Crippen molar-refractivity contribution in [1.82, 2.24) is 4.90 Å². The van der Waals surface area contributed by atoms with Crippen LogP contribution < -0.4 is 0 Å². The van der Waals surface area contributed by atoms with Crippen molar-refractivity contribution in [3.05, 3.63) is 71.8 Å². The van der Waals surface area contributed by atoms with Gasteiger partial charge in [-0.1, -0.05) is 48.5 Å². The number of ether oxygens (including phenoxy) is 1. The first kappa shape index (κ1) is 14.5. The topological polar surface area (TPSA) is 41.9 Å². The predicted molar refractivity (Wildman–Crippen MR) is 86.1 cm³/mol. The van der Waals surface area contributed by atoms with E-state index in [1.807, 2.05) is 48.5 Å². The standard InChI is InChI=1S/C18H18N2O2/c21-18(16-9-5-2-6-10-16)19-17(15-7-3-1-4-8-15)20-11-13-22-14-12-20/h1-10H,11-14H2. The van der Waals surface area contributed by atoms with E-state index in [1.54, 1.807) is 12.1 Å². The Balaban J connectivity index is 1.94. The van der Waals surface area contributed by atoms with Crippen molar-refractivity contribution in [1.29, 1.82) is 0 Å². The highest BCUT2D eigenvalue weighted by Gasteiger charge is 2.18. The summed E-state index contributed by atoms with van der Waals surface area (Å²) < 4.78 is 5.39. The minimum atomic E-state index is -0.217. The molecule has 0 aromatic heterocycles. The highest BCUT2D eigenvalue weighted by Crippen LogP contribution is 2.11. The molecule has 0 N–H and O–H groups in total. The lowest BCUT2D eigenvalue weighted by molar-refractivity contribution is 0.0678. The fourth-order valence-electron chi connectivity index (χ4n) is 2.42. The van der Waals surface area contributed by atoms with Crippen LogP contribution in [0.25, 0.3) is 0 Å². The largest absolute Gasteiger partial charge is 0.378 e. The maximum Gasteiger partial charge on any atom is 0.278 e. The van der Waals surface area contributed by atoms with Gasteiger partial charge in [-0.25, -0.2) is 0 Å². The van der Waals surface area contributed by atoms with Crippen molar-refractivity contribution in [2.45, 2.75) is 0 Å². The van der Waals surface area contributed by atoms with E-state index in [2.05, 4.69) is 9.89 Å². The van der Waals surface area contributed by atoms with E-state index in [0.717, 1.165) is 24.5 Å². The fourth-order valence-corrected chi connectivity index (χ4v) is 2.42. The van der Waals surface area contributed by atoms with Crippen molar-refractivity contribution in [3.8, 4) is 0 Å². The molecule has 1 fully saturated rings. The Bertz CT molecular complexity index is 647. The number of benzene rings is 2. The summed E-state index contributed by atoms with van der Waals surface area (Å²) in [5.41, 5.74) is 1.55. The molecule has 0 atom stereocenters. The van der Waals surface area contributed by atoms with Gasteiger partial charge in [0.2, 0.25) is 0 Å². The monoisotopic (exact) mass is 294 g/mol. The number of amidine groups is 1. The molecule has 0 aliphatic carbocycles. The average molecular weight is 294 g/mol. The first-order chi connectivity index (χ1) is 10.8. The summed E-state index contributed by atoms with van der Waals surface area (Å²) in [6.07, 6.45) is 0. The number of aliphatic imine (C=N–C) groups is 1. The van der Waals surface area contributed by atoms with Crippen LogP contribution in [0.2, 0.25) is 0 Å². The minimum absolute atomic E-state index is 0.217. The van der Waals surface area contributed by atoms with Gasteiger partial charge in [-0.3, -0.25) is 4.79 Å². The highest BCUT2D eigenvalue weighted by atomic mass is 16.5. The zero-order valence-electron chi connectivity index (χ0n) is 12.3. The van der Waals surface area contributed by atoms with Gasteiger partial charge in [0.1, 0.15) is 5.84 Å². The maximum absolute atomic E-state index is 12.4. The number of rotatable bonds is 2. The van der Waals surface area contributed by atoms with Crippen molar-refractivity contribution in [3.63, 3.8) is 0 Å². The molecule has 1 aliphatic heterocycles. The van der Waals surface area contributed by atoms with E-state index >= 15 is 0 Å². The number of carbonyl (C=O) groups is 1. The Morgan fingerprint density at radius 3 is 2.00 bits per heavy atom. The lowest BCUT2D eigenvalue weighted by Gasteiger charge is -2.29. The van der Waals surface area contributed by atoms with Gasteiger partial charge in [0, 0.05) is 24.2 Å². The van der Waals surface area contributed by atoms with Crippen LogP contribution in [0, 0.1) is 0 Å². The third-order valence-electron chi connectivity index (χ3n) is 3.57. The number of morpholine rings is 1. The first-order valence-corrected chi connectivity index (χ1v) is 7.41. The fraction of sp³-hybridized carbons (Fsp3) is 0.222. The molecule has 2 aromatic carbocycles. The van der Waals surface area contributed by atoms with Gasteiger partial charge in [0.15, 0.2) is 0 Å². The quantitative estimate of drug-likeness (QED) is 0.631. The van der Waals surface area contributed by atoms with E-state index in [0.29, 0.717) is 18.8 Å². The van der Waals surface area contributed by atoms with Gasteiger partial charge in [0.05, 0.1) is 13.2 Å². The maximum atomic E-state index is 12.4. The molecule has 1 heterocycles. The van der Waals surface area contributed by atoms with Crippen molar-refractivity contribution in [2.24, 2.45) is 4.99 Å². The Morgan fingerprint density at radius 1 is 0.864 bits per heavy atom. The highest BCUT2D eigenvalue weighted by molar-refractivity contribution is 6.09. The number of hydrogen-bond donors (Lipinski definition) is 0. The summed E-state index contributed by atoms with van der Waals surface area (Å²) in [7, 11) is 0. The van der Waals surface area contributed by atoms with Crippen molar-refractivity contribution in [2.75, 3.05) is 26.3 Å². The van der Waals surface area contributed by atoms with Crippen LogP contribution in [-0.2, 0) is 4.74 Å². The summed E-state index contributed by atoms with van der Waals surface area (Å²) >= 11 is 0. The second-order valence-corrected chi connectivity index (χ2v) is 5.07. The van der Waals surface area contributed by atoms with Crippen LogP contribution in [0.1, 0.15) is 15.9 Å². The molecule has 3 rings (SSSR count). The van der Waals surface area contributed by atoms with Gasteiger partial charge in [-0.15, -0.1) is 0 Å². The molecule has 1 saturated heterocycles. The Hall–Kier alpha value is -2.46. The smallest absolute Gasteiger partial charge is 0.278 e. The van der Waals surface area contributed by atoms with Crippen LogP contribution in [-0.4, -0.2) is 42.9 Å². The summed E-state index contributed by atoms with van der Waals surface area (Å²) in [6, 6.07) is 19.0. The second kappa shape index (κ2) is 7.00. The van der Waals surface area contributed by atoms with Crippen LogP contribution in [0.5, 0.6) is 0 Å². The molecular weight excluding hydrogens is 276 g/mol. The lowest BCUT2D eigenvalue weighted by Crippen LogP contribution is -2.41. The molecule has 4 nitrogen and oxygen atoms in total. The average Bonchev–Trinajstić information content (AvgIpc) is 2.62. The Labute approximate surface area is 130 Å². The molecule has 2 aromatic rings. The van der Waals surface area contributed by atoms with Crippen LogP contribution in [0.3, 0.4) is 0 Å². The van der Waals surface area contributed by atoms with Crippen LogP contribution in [0.4, 0.5) is 0 Å². The van der Waals surface area contributed by atoms with E-state index in [9.17, 15) is 4.79 Å². The summed E-state index contributed by atoms with van der Waals surface area (Å²) in [6.45, 7) is 2.81. The zero-order chi connectivity index (χ0) is 15.2. The Morgan fingerprint density at radius 2 is 1.41 bits per heavy atom. The molecule has 1 amide bonds. The third kappa shape index (κ3) is 3.40.